The lowest BCUT2D eigenvalue weighted by atomic mass is 9.91. The van der Waals surface area contributed by atoms with Gasteiger partial charge in [-0.05, 0) is 44.1 Å². The molecule has 0 bridgehead atoms. The van der Waals surface area contributed by atoms with Gasteiger partial charge in [-0.15, -0.1) is 0 Å². The van der Waals surface area contributed by atoms with Gasteiger partial charge in [-0.25, -0.2) is 0 Å². The molecule has 3 N–H and O–H groups in total. The Morgan fingerprint density at radius 2 is 2.05 bits per heavy atom. The quantitative estimate of drug-likeness (QED) is 0.561. The van der Waals surface area contributed by atoms with Crippen LogP contribution in [0.1, 0.15) is 32.1 Å². The van der Waals surface area contributed by atoms with Crippen molar-refractivity contribution < 1.29 is 15.0 Å². The molecule has 1 saturated heterocycles. The third-order valence-electron chi connectivity index (χ3n) is 4.06. The third-order valence-corrected chi connectivity index (χ3v) is 4.06. The summed E-state index contributed by atoms with van der Waals surface area (Å²) in [4.78, 5) is 13.3. The fraction of sp³-hybridized carbons (Fsp3) is 0.929. The minimum atomic E-state index is -0.688. The van der Waals surface area contributed by atoms with Crippen molar-refractivity contribution in [2.45, 2.75) is 38.1 Å². The summed E-state index contributed by atoms with van der Waals surface area (Å²) in [7, 11) is 0. The van der Waals surface area contributed by atoms with Crippen LogP contribution in [0.2, 0.25) is 0 Å². The zero-order chi connectivity index (χ0) is 13.7. The molecule has 2 rings (SSSR count). The molecule has 1 heterocycles. The van der Waals surface area contributed by atoms with Crippen molar-refractivity contribution in [2.75, 3.05) is 32.8 Å². The molecule has 0 radical (unpaired) electrons. The lowest BCUT2D eigenvalue weighted by Crippen LogP contribution is -2.50. The molecule has 2 unspecified atom stereocenters. The topological polar surface area (TPSA) is 72.8 Å². The van der Waals surface area contributed by atoms with Gasteiger partial charge < -0.3 is 20.4 Å². The Balaban J connectivity index is 1.81. The SMILES string of the molecule is O=C(O)CC1CC(NCCCO)CN(CC2CC2)C1. The molecule has 2 fully saturated rings. The van der Waals surface area contributed by atoms with Crippen LogP contribution in [-0.4, -0.2) is 59.9 Å². The van der Waals surface area contributed by atoms with Gasteiger partial charge in [-0.1, -0.05) is 0 Å². The summed E-state index contributed by atoms with van der Waals surface area (Å²) in [5, 5.41) is 21.2. The van der Waals surface area contributed by atoms with Crippen molar-refractivity contribution in [3.8, 4) is 0 Å². The minimum Gasteiger partial charge on any atom is -0.481 e. The number of carboxylic acids is 1. The van der Waals surface area contributed by atoms with Crippen LogP contribution in [0.3, 0.4) is 0 Å². The van der Waals surface area contributed by atoms with Crippen LogP contribution < -0.4 is 5.32 Å². The first-order valence-corrected chi connectivity index (χ1v) is 7.45. The first-order valence-electron chi connectivity index (χ1n) is 7.45. The summed E-state index contributed by atoms with van der Waals surface area (Å²) >= 11 is 0. The number of rotatable bonds is 8. The molecule has 5 nitrogen and oxygen atoms in total. The van der Waals surface area contributed by atoms with Crippen molar-refractivity contribution in [1.82, 2.24) is 10.2 Å². The van der Waals surface area contributed by atoms with E-state index in [1.807, 2.05) is 0 Å². The maximum atomic E-state index is 10.9. The number of carbonyl (C=O) groups is 1. The molecule has 0 amide bonds. The lowest BCUT2D eigenvalue weighted by molar-refractivity contribution is -0.138. The molecule has 0 aromatic heterocycles. The molecular formula is C14H26N2O3. The molecule has 19 heavy (non-hydrogen) atoms. The second-order valence-electron chi connectivity index (χ2n) is 6.09. The van der Waals surface area contributed by atoms with Gasteiger partial charge in [-0.2, -0.15) is 0 Å². The highest BCUT2D eigenvalue weighted by Crippen LogP contribution is 2.31. The van der Waals surface area contributed by atoms with Crippen LogP contribution in [0.15, 0.2) is 0 Å². The Morgan fingerprint density at radius 3 is 2.68 bits per heavy atom. The highest BCUT2D eigenvalue weighted by Gasteiger charge is 2.32. The van der Waals surface area contributed by atoms with Crippen LogP contribution in [-0.2, 0) is 4.79 Å². The Morgan fingerprint density at radius 1 is 1.26 bits per heavy atom. The van der Waals surface area contributed by atoms with E-state index in [1.54, 1.807) is 0 Å². The van der Waals surface area contributed by atoms with E-state index in [1.165, 1.54) is 12.8 Å². The summed E-state index contributed by atoms with van der Waals surface area (Å²) in [6, 6.07) is 0.378. The predicted molar refractivity (Wildman–Crippen MR) is 73.0 cm³/mol. The number of hydrogen-bond donors (Lipinski definition) is 3. The minimum absolute atomic E-state index is 0.212. The average Bonchev–Trinajstić information content (AvgIpc) is 3.12. The van der Waals surface area contributed by atoms with Crippen LogP contribution in [0.5, 0.6) is 0 Å². The van der Waals surface area contributed by atoms with E-state index in [2.05, 4.69) is 10.2 Å². The predicted octanol–water partition coefficient (Wildman–Crippen LogP) is 0.534. The van der Waals surface area contributed by atoms with Crippen LogP contribution in [0.4, 0.5) is 0 Å². The molecule has 0 spiro atoms. The van der Waals surface area contributed by atoms with Crippen molar-refractivity contribution >= 4 is 5.97 Å². The molecular weight excluding hydrogens is 244 g/mol. The third kappa shape index (κ3) is 5.47. The van der Waals surface area contributed by atoms with Crippen LogP contribution >= 0.6 is 0 Å². The van der Waals surface area contributed by atoms with Crippen LogP contribution in [0, 0.1) is 11.8 Å². The number of likely N-dealkylation sites (tertiary alicyclic amines) is 1. The smallest absolute Gasteiger partial charge is 0.303 e. The van der Waals surface area contributed by atoms with E-state index in [0.29, 0.717) is 6.04 Å². The Hall–Kier alpha value is -0.650. The van der Waals surface area contributed by atoms with Gasteiger partial charge in [-0.3, -0.25) is 4.79 Å². The molecule has 1 aliphatic carbocycles. The van der Waals surface area contributed by atoms with Gasteiger partial charge in [0.05, 0.1) is 0 Å². The average molecular weight is 270 g/mol. The molecule has 0 aromatic carbocycles. The van der Waals surface area contributed by atoms with E-state index in [9.17, 15) is 4.79 Å². The number of aliphatic hydroxyl groups is 1. The number of aliphatic hydroxyl groups excluding tert-OH is 1. The maximum Gasteiger partial charge on any atom is 0.303 e. The Kier molecular flexibility index (Phi) is 5.60. The number of carboxylic acid groups (broad SMARTS) is 1. The number of hydrogen-bond acceptors (Lipinski definition) is 4. The van der Waals surface area contributed by atoms with Crippen molar-refractivity contribution in [1.29, 1.82) is 0 Å². The second kappa shape index (κ2) is 7.22. The second-order valence-corrected chi connectivity index (χ2v) is 6.09. The summed E-state index contributed by atoms with van der Waals surface area (Å²) in [5.41, 5.74) is 0. The van der Waals surface area contributed by atoms with Crippen LogP contribution in [0.25, 0.3) is 0 Å². The largest absolute Gasteiger partial charge is 0.481 e. The molecule has 2 atom stereocenters. The van der Waals surface area contributed by atoms with Gasteiger partial charge >= 0.3 is 5.97 Å². The molecule has 5 heteroatoms. The van der Waals surface area contributed by atoms with Gasteiger partial charge in [0.15, 0.2) is 0 Å². The Labute approximate surface area is 115 Å². The molecule has 110 valence electrons. The van der Waals surface area contributed by atoms with Gasteiger partial charge in [0, 0.05) is 38.7 Å². The molecule has 1 aliphatic heterocycles. The number of nitrogens with zero attached hydrogens (tertiary/aromatic N) is 1. The van der Waals surface area contributed by atoms with E-state index in [4.69, 9.17) is 10.2 Å². The summed E-state index contributed by atoms with van der Waals surface area (Å²) in [5.74, 6) is 0.422. The molecule has 0 aromatic rings. The van der Waals surface area contributed by atoms with Gasteiger partial charge in [0.1, 0.15) is 0 Å². The fourth-order valence-electron chi connectivity index (χ4n) is 3.05. The van der Waals surface area contributed by atoms with E-state index < -0.39 is 5.97 Å². The standard InChI is InChI=1S/C14H26N2O3/c17-5-1-4-15-13-6-12(7-14(18)19)9-16(10-13)8-11-2-3-11/h11-13,15,17H,1-10H2,(H,18,19). The van der Waals surface area contributed by atoms with E-state index in [0.717, 1.165) is 44.9 Å². The lowest BCUT2D eigenvalue weighted by Gasteiger charge is -2.38. The summed E-state index contributed by atoms with van der Waals surface area (Å²) in [6.07, 6.45) is 4.66. The van der Waals surface area contributed by atoms with Crippen molar-refractivity contribution in [2.24, 2.45) is 11.8 Å². The van der Waals surface area contributed by atoms with Crippen molar-refractivity contribution in [3.05, 3.63) is 0 Å². The van der Waals surface area contributed by atoms with Crippen molar-refractivity contribution in [3.63, 3.8) is 0 Å². The first kappa shape index (κ1) is 14.8. The zero-order valence-electron chi connectivity index (χ0n) is 11.6. The normalized spacial score (nSPS) is 28.5. The van der Waals surface area contributed by atoms with Gasteiger partial charge in [0.2, 0.25) is 0 Å². The number of nitrogens with one attached hydrogen (secondary N) is 1. The highest BCUT2D eigenvalue weighted by atomic mass is 16.4. The Bertz CT molecular complexity index is 294. The van der Waals surface area contributed by atoms with Gasteiger partial charge in [0.25, 0.3) is 0 Å². The summed E-state index contributed by atoms with van der Waals surface area (Å²) < 4.78 is 0. The summed E-state index contributed by atoms with van der Waals surface area (Å²) in [6.45, 7) is 4.12. The van der Waals surface area contributed by atoms with E-state index >= 15 is 0 Å². The maximum absolute atomic E-state index is 10.9. The first-order chi connectivity index (χ1) is 9.17. The number of aliphatic carboxylic acids is 1. The zero-order valence-corrected chi connectivity index (χ0v) is 11.6. The fourth-order valence-corrected chi connectivity index (χ4v) is 3.05. The monoisotopic (exact) mass is 270 g/mol. The molecule has 1 saturated carbocycles. The highest BCUT2D eigenvalue weighted by molar-refractivity contribution is 5.67. The number of piperidine rings is 1. The van der Waals surface area contributed by atoms with E-state index in [-0.39, 0.29) is 18.9 Å². The molecule has 2 aliphatic rings.